The molecule has 4 aromatic rings. The van der Waals surface area contributed by atoms with E-state index in [1.807, 2.05) is 42.5 Å². The fraction of sp³-hybridized carbons (Fsp3) is 0.222. The topological polar surface area (TPSA) is 85.8 Å². The molecule has 2 aromatic carbocycles. The van der Waals surface area contributed by atoms with Gasteiger partial charge in [-0.05, 0) is 41.5 Å². The first-order valence-corrected chi connectivity index (χ1v) is 9.38. The van der Waals surface area contributed by atoms with Crippen molar-refractivity contribution in [1.82, 2.24) is 20.2 Å². The zero-order chi connectivity index (χ0) is 17.5. The second-order valence-electron chi connectivity index (χ2n) is 6.28. The molecule has 8 heteroatoms. The highest BCUT2D eigenvalue weighted by atomic mass is 32.2. The third-order valence-corrected chi connectivity index (χ3v) is 5.28. The van der Waals surface area contributed by atoms with Crippen LogP contribution in [0.4, 0.5) is 5.69 Å². The minimum atomic E-state index is -0.101. The lowest BCUT2D eigenvalue weighted by Crippen LogP contribution is -2.14. The first-order valence-electron chi connectivity index (χ1n) is 8.40. The van der Waals surface area contributed by atoms with Crippen molar-refractivity contribution in [3.05, 3.63) is 42.5 Å². The minimum absolute atomic E-state index is 0.101. The maximum absolute atomic E-state index is 12.3. The summed E-state index contributed by atoms with van der Waals surface area (Å²) in [4.78, 5) is 12.3. The van der Waals surface area contributed by atoms with Gasteiger partial charge in [0, 0.05) is 22.5 Å². The number of fused-ring (bicyclic) bond motifs is 3. The Kier molecular flexibility index (Phi) is 3.63. The Balaban J connectivity index is 1.30. The van der Waals surface area contributed by atoms with Gasteiger partial charge >= 0.3 is 0 Å². The van der Waals surface area contributed by atoms with Gasteiger partial charge in [0.25, 0.3) is 0 Å². The molecule has 0 unspecified atom stereocenters. The Bertz CT molecular complexity index is 1120. The lowest BCUT2D eigenvalue weighted by molar-refractivity contribution is -0.113. The molecule has 1 fully saturated rings. The average Bonchev–Trinajstić information content (AvgIpc) is 3.27. The highest BCUT2D eigenvalue weighted by Gasteiger charge is 2.28. The molecule has 1 saturated carbocycles. The van der Waals surface area contributed by atoms with Crippen LogP contribution in [0.1, 0.15) is 18.9 Å². The Morgan fingerprint density at radius 2 is 2.04 bits per heavy atom. The molecule has 130 valence electrons. The predicted octanol–water partition coefficient (Wildman–Crippen LogP) is 3.64. The molecule has 1 aliphatic carbocycles. The maximum Gasteiger partial charge on any atom is 0.234 e. The summed E-state index contributed by atoms with van der Waals surface area (Å²) in [6, 6.07) is 14.0. The van der Waals surface area contributed by atoms with Crippen LogP contribution in [0.3, 0.4) is 0 Å². The number of thioether (sulfide) groups is 1. The van der Waals surface area contributed by atoms with E-state index < -0.39 is 0 Å². The van der Waals surface area contributed by atoms with Crippen LogP contribution in [0.15, 0.2) is 52.0 Å². The number of para-hydroxylation sites is 1. The number of furan rings is 1. The van der Waals surface area contributed by atoms with Crippen LogP contribution in [0.25, 0.3) is 21.9 Å². The molecular weight excluding hydrogens is 350 g/mol. The van der Waals surface area contributed by atoms with E-state index in [1.165, 1.54) is 11.8 Å². The Labute approximate surface area is 152 Å². The molecule has 2 aromatic heterocycles. The van der Waals surface area contributed by atoms with Crippen molar-refractivity contribution in [2.75, 3.05) is 11.1 Å². The van der Waals surface area contributed by atoms with Gasteiger partial charge in [-0.2, -0.15) is 0 Å². The molecule has 7 nitrogen and oxygen atoms in total. The molecule has 0 bridgehead atoms. The standard InChI is InChI=1S/C18H15N5O2S/c24-17(10-26-18-20-21-22-23(18)12-6-7-12)19-11-5-8-14-13-3-1-2-4-15(13)25-16(14)9-11/h1-5,8-9,12H,6-7,10H2,(H,19,24). The van der Waals surface area contributed by atoms with E-state index in [0.29, 0.717) is 16.9 Å². The summed E-state index contributed by atoms with van der Waals surface area (Å²) >= 11 is 1.35. The van der Waals surface area contributed by atoms with Crippen LogP contribution in [0.2, 0.25) is 0 Å². The second kappa shape index (κ2) is 6.14. The van der Waals surface area contributed by atoms with Gasteiger partial charge in [0.05, 0.1) is 11.8 Å². The smallest absolute Gasteiger partial charge is 0.234 e. The SMILES string of the molecule is O=C(CSc1nnnn1C1CC1)Nc1ccc2c(c1)oc1ccccc12. The van der Waals surface area contributed by atoms with E-state index in [9.17, 15) is 4.79 Å². The molecule has 2 heterocycles. The molecule has 0 aliphatic heterocycles. The van der Waals surface area contributed by atoms with Crippen molar-refractivity contribution in [1.29, 1.82) is 0 Å². The van der Waals surface area contributed by atoms with Crippen LogP contribution < -0.4 is 5.32 Å². The predicted molar refractivity (Wildman–Crippen MR) is 99.2 cm³/mol. The van der Waals surface area contributed by atoms with Gasteiger partial charge < -0.3 is 9.73 Å². The number of aromatic nitrogens is 4. The molecule has 0 spiro atoms. The summed E-state index contributed by atoms with van der Waals surface area (Å²) < 4.78 is 7.66. The maximum atomic E-state index is 12.3. The number of tetrazole rings is 1. The molecule has 1 amide bonds. The van der Waals surface area contributed by atoms with Crippen molar-refractivity contribution in [3.8, 4) is 0 Å². The minimum Gasteiger partial charge on any atom is -0.456 e. The van der Waals surface area contributed by atoms with E-state index in [2.05, 4.69) is 20.8 Å². The van der Waals surface area contributed by atoms with Crippen LogP contribution in [-0.2, 0) is 4.79 Å². The van der Waals surface area contributed by atoms with Crippen molar-refractivity contribution in [2.24, 2.45) is 0 Å². The number of benzene rings is 2. The number of carbonyl (C=O) groups excluding carboxylic acids is 1. The number of nitrogens with one attached hydrogen (secondary N) is 1. The molecule has 0 saturated heterocycles. The number of rotatable bonds is 5. The van der Waals surface area contributed by atoms with E-state index in [4.69, 9.17) is 4.42 Å². The normalized spacial score (nSPS) is 14.2. The molecule has 0 radical (unpaired) electrons. The Morgan fingerprint density at radius 1 is 1.19 bits per heavy atom. The molecular formula is C18H15N5O2S. The fourth-order valence-corrected chi connectivity index (χ4v) is 3.70. The number of nitrogens with zero attached hydrogens (tertiary/aromatic N) is 4. The van der Waals surface area contributed by atoms with Gasteiger partial charge in [0.1, 0.15) is 11.2 Å². The highest BCUT2D eigenvalue weighted by molar-refractivity contribution is 7.99. The first-order chi connectivity index (χ1) is 12.8. The molecule has 26 heavy (non-hydrogen) atoms. The summed E-state index contributed by atoms with van der Waals surface area (Å²) in [6.45, 7) is 0. The van der Waals surface area contributed by atoms with Gasteiger partial charge in [-0.3, -0.25) is 4.79 Å². The lowest BCUT2D eigenvalue weighted by Gasteiger charge is -2.05. The largest absolute Gasteiger partial charge is 0.456 e. The van der Waals surface area contributed by atoms with Crippen LogP contribution in [0.5, 0.6) is 0 Å². The number of carbonyl (C=O) groups is 1. The van der Waals surface area contributed by atoms with Crippen molar-refractivity contribution < 1.29 is 9.21 Å². The third-order valence-electron chi connectivity index (χ3n) is 4.35. The highest BCUT2D eigenvalue weighted by Crippen LogP contribution is 2.36. The third kappa shape index (κ3) is 2.82. The van der Waals surface area contributed by atoms with Crippen LogP contribution in [-0.4, -0.2) is 31.9 Å². The summed E-state index contributed by atoms with van der Waals surface area (Å²) in [7, 11) is 0. The quantitative estimate of drug-likeness (QED) is 0.544. The van der Waals surface area contributed by atoms with Gasteiger partial charge in [-0.25, -0.2) is 4.68 Å². The lowest BCUT2D eigenvalue weighted by atomic mass is 10.1. The molecule has 1 N–H and O–H groups in total. The van der Waals surface area contributed by atoms with E-state index in [1.54, 1.807) is 4.68 Å². The number of hydrogen-bond donors (Lipinski definition) is 1. The van der Waals surface area contributed by atoms with Crippen molar-refractivity contribution >= 4 is 45.3 Å². The fourth-order valence-electron chi connectivity index (χ4n) is 2.96. The van der Waals surface area contributed by atoms with Gasteiger partial charge in [0.15, 0.2) is 0 Å². The Hall–Kier alpha value is -2.87. The van der Waals surface area contributed by atoms with E-state index in [0.717, 1.165) is 34.8 Å². The summed E-state index contributed by atoms with van der Waals surface area (Å²) in [5, 5.41) is 17.4. The summed E-state index contributed by atoms with van der Waals surface area (Å²) in [5.74, 6) is 0.154. The van der Waals surface area contributed by atoms with Crippen molar-refractivity contribution in [3.63, 3.8) is 0 Å². The van der Waals surface area contributed by atoms with E-state index >= 15 is 0 Å². The van der Waals surface area contributed by atoms with Gasteiger partial charge in [0.2, 0.25) is 11.1 Å². The molecule has 0 atom stereocenters. The van der Waals surface area contributed by atoms with Gasteiger partial charge in [-0.15, -0.1) is 5.10 Å². The molecule has 5 rings (SSSR count). The zero-order valence-electron chi connectivity index (χ0n) is 13.8. The average molecular weight is 365 g/mol. The summed E-state index contributed by atoms with van der Waals surface area (Å²) in [6.07, 6.45) is 2.20. The van der Waals surface area contributed by atoms with Crippen LogP contribution in [0, 0.1) is 0 Å². The van der Waals surface area contributed by atoms with Crippen LogP contribution >= 0.6 is 11.8 Å². The summed E-state index contributed by atoms with van der Waals surface area (Å²) in [5.41, 5.74) is 2.31. The van der Waals surface area contributed by atoms with E-state index in [-0.39, 0.29) is 11.7 Å². The number of hydrogen-bond acceptors (Lipinski definition) is 6. The molecule has 1 aliphatic rings. The second-order valence-corrected chi connectivity index (χ2v) is 7.23. The number of anilines is 1. The monoisotopic (exact) mass is 365 g/mol. The van der Waals surface area contributed by atoms with Gasteiger partial charge in [-0.1, -0.05) is 30.0 Å². The first kappa shape index (κ1) is 15.4. The Morgan fingerprint density at radius 3 is 2.92 bits per heavy atom. The zero-order valence-corrected chi connectivity index (χ0v) is 14.6. The van der Waals surface area contributed by atoms with Crippen molar-refractivity contribution in [2.45, 2.75) is 24.0 Å². The number of amides is 1.